The van der Waals surface area contributed by atoms with Crippen LogP contribution in [0.2, 0.25) is 0 Å². The van der Waals surface area contributed by atoms with E-state index in [0.29, 0.717) is 18.0 Å². The molecule has 0 aromatic heterocycles. The molecule has 24 heavy (non-hydrogen) atoms. The largest absolute Gasteiger partial charge is 0.353 e. The molecular weight excluding hydrogens is 296 g/mol. The van der Waals surface area contributed by atoms with E-state index in [2.05, 4.69) is 47.5 Å². The summed E-state index contributed by atoms with van der Waals surface area (Å²) in [6, 6.07) is 11.7. The van der Waals surface area contributed by atoms with Gasteiger partial charge in [-0.25, -0.2) is 0 Å². The fraction of sp³-hybridized carbons (Fsp3) is 0.667. The minimum Gasteiger partial charge on any atom is -0.353 e. The van der Waals surface area contributed by atoms with Crippen LogP contribution in [0.1, 0.15) is 57.4 Å². The number of carbonyl (C=O) groups is 1. The van der Waals surface area contributed by atoms with Crippen LogP contribution in [0.25, 0.3) is 0 Å². The zero-order valence-electron chi connectivity index (χ0n) is 15.0. The molecular formula is C21H32N2O. The molecule has 3 heteroatoms. The average molecular weight is 329 g/mol. The predicted octanol–water partition coefficient (Wildman–Crippen LogP) is 3.78. The lowest BCUT2D eigenvalue weighted by molar-refractivity contribution is -0.127. The Kier molecular flexibility index (Phi) is 6.30. The quantitative estimate of drug-likeness (QED) is 0.892. The molecule has 1 saturated carbocycles. The Labute approximate surface area is 146 Å². The minimum absolute atomic E-state index is 0.286. The summed E-state index contributed by atoms with van der Waals surface area (Å²) in [5.74, 6) is 0.610. The SMILES string of the molecule is CC(Cc1ccccc1)N1CCC(NC(=O)C2CCCCC2)CC1. The number of rotatable bonds is 5. The van der Waals surface area contributed by atoms with Gasteiger partial charge in [-0.15, -0.1) is 0 Å². The van der Waals surface area contributed by atoms with E-state index in [0.717, 1.165) is 45.2 Å². The fourth-order valence-corrected chi connectivity index (χ4v) is 4.25. The second-order valence-electron chi connectivity index (χ2n) is 7.69. The number of amides is 1. The van der Waals surface area contributed by atoms with Crippen molar-refractivity contribution < 1.29 is 4.79 Å². The van der Waals surface area contributed by atoms with Gasteiger partial charge in [0.2, 0.25) is 5.91 Å². The van der Waals surface area contributed by atoms with E-state index in [1.54, 1.807) is 0 Å². The number of likely N-dealkylation sites (tertiary alicyclic amines) is 1. The van der Waals surface area contributed by atoms with Crippen LogP contribution in [0.4, 0.5) is 0 Å². The van der Waals surface area contributed by atoms with Gasteiger partial charge in [0, 0.05) is 31.1 Å². The predicted molar refractivity (Wildman–Crippen MR) is 98.9 cm³/mol. The smallest absolute Gasteiger partial charge is 0.223 e. The molecule has 1 aromatic carbocycles. The maximum atomic E-state index is 12.4. The van der Waals surface area contributed by atoms with Gasteiger partial charge in [-0.1, -0.05) is 49.6 Å². The zero-order chi connectivity index (χ0) is 16.8. The van der Waals surface area contributed by atoms with Crippen molar-refractivity contribution in [2.24, 2.45) is 5.92 Å². The minimum atomic E-state index is 0.286. The molecule has 2 aliphatic rings. The van der Waals surface area contributed by atoms with E-state index in [9.17, 15) is 4.79 Å². The van der Waals surface area contributed by atoms with E-state index in [1.807, 2.05) is 0 Å². The van der Waals surface area contributed by atoms with Crippen molar-refractivity contribution in [3.05, 3.63) is 35.9 Å². The van der Waals surface area contributed by atoms with Crippen LogP contribution in [0.3, 0.4) is 0 Å². The average Bonchev–Trinajstić information content (AvgIpc) is 2.64. The number of nitrogens with one attached hydrogen (secondary N) is 1. The van der Waals surface area contributed by atoms with Gasteiger partial charge in [0.05, 0.1) is 0 Å². The highest BCUT2D eigenvalue weighted by molar-refractivity contribution is 5.79. The van der Waals surface area contributed by atoms with E-state index < -0.39 is 0 Å². The zero-order valence-corrected chi connectivity index (χ0v) is 15.0. The Hall–Kier alpha value is -1.35. The van der Waals surface area contributed by atoms with Crippen LogP contribution < -0.4 is 5.32 Å². The van der Waals surface area contributed by atoms with Gasteiger partial charge in [-0.05, 0) is 44.6 Å². The third kappa shape index (κ3) is 4.83. The fourth-order valence-electron chi connectivity index (χ4n) is 4.25. The molecule has 1 atom stereocenters. The Morgan fingerprint density at radius 1 is 1.08 bits per heavy atom. The Balaban J connectivity index is 1.41. The van der Waals surface area contributed by atoms with Gasteiger partial charge in [0.15, 0.2) is 0 Å². The highest BCUT2D eigenvalue weighted by Gasteiger charge is 2.27. The lowest BCUT2D eigenvalue weighted by Crippen LogP contribution is -2.49. The molecule has 132 valence electrons. The van der Waals surface area contributed by atoms with Gasteiger partial charge >= 0.3 is 0 Å². The van der Waals surface area contributed by atoms with E-state index in [-0.39, 0.29) is 5.92 Å². The van der Waals surface area contributed by atoms with Crippen molar-refractivity contribution in [1.29, 1.82) is 0 Å². The first-order valence-corrected chi connectivity index (χ1v) is 9.80. The van der Waals surface area contributed by atoms with Crippen LogP contribution >= 0.6 is 0 Å². The lowest BCUT2D eigenvalue weighted by atomic mass is 9.88. The van der Waals surface area contributed by atoms with Gasteiger partial charge in [0.25, 0.3) is 0 Å². The van der Waals surface area contributed by atoms with Crippen molar-refractivity contribution in [2.75, 3.05) is 13.1 Å². The first kappa shape index (κ1) is 17.5. The molecule has 0 bridgehead atoms. The molecule has 3 nitrogen and oxygen atoms in total. The molecule has 3 rings (SSSR count). The Morgan fingerprint density at radius 2 is 1.75 bits per heavy atom. The van der Waals surface area contributed by atoms with Gasteiger partial charge < -0.3 is 10.2 Å². The molecule has 0 radical (unpaired) electrons. The summed E-state index contributed by atoms with van der Waals surface area (Å²) in [5, 5.41) is 3.33. The van der Waals surface area contributed by atoms with Crippen LogP contribution in [0.5, 0.6) is 0 Å². The third-order valence-electron chi connectivity index (χ3n) is 5.85. The van der Waals surface area contributed by atoms with Crippen molar-refractivity contribution in [3.63, 3.8) is 0 Å². The lowest BCUT2D eigenvalue weighted by Gasteiger charge is -2.37. The summed E-state index contributed by atoms with van der Waals surface area (Å²) >= 11 is 0. The van der Waals surface area contributed by atoms with Gasteiger partial charge in [-0.2, -0.15) is 0 Å². The van der Waals surface area contributed by atoms with Gasteiger partial charge in [0.1, 0.15) is 0 Å². The van der Waals surface area contributed by atoms with Crippen molar-refractivity contribution in [3.8, 4) is 0 Å². The number of hydrogen-bond donors (Lipinski definition) is 1. The molecule has 1 heterocycles. The highest BCUT2D eigenvalue weighted by Crippen LogP contribution is 2.24. The first-order chi connectivity index (χ1) is 11.7. The Bertz CT molecular complexity index is 502. The molecule has 1 N–H and O–H groups in total. The standard InChI is InChI=1S/C21H32N2O/c1-17(16-18-8-4-2-5-9-18)23-14-12-20(13-15-23)22-21(24)19-10-6-3-7-11-19/h2,4-5,8-9,17,19-20H,3,6-7,10-16H2,1H3,(H,22,24). The molecule has 0 spiro atoms. The summed E-state index contributed by atoms with van der Waals surface area (Å²) in [4.78, 5) is 15.0. The first-order valence-electron chi connectivity index (χ1n) is 9.80. The highest BCUT2D eigenvalue weighted by atomic mass is 16.1. The number of benzene rings is 1. The van der Waals surface area contributed by atoms with E-state index in [4.69, 9.17) is 0 Å². The number of carbonyl (C=O) groups excluding carboxylic acids is 1. The van der Waals surface area contributed by atoms with Gasteiger partial charge in [-0.3, -0.25) is 4.79 Å². The van der Waals surface area contributed by atoms with Crippen LogP contribution in [0, 0.1) is 5.92 Å². The van der Waals surface area contributed by atoms with Crippen molar-refractivity contribution in [1.82, 2.24) is 10.2 Å². The summed E-state index contributed by atoms with van der Waals surface area (Å²) in [5.41, 5.74) is 1.41. The second kappa shape index (κ2) is 8.66. The molecule has 2 fully saturated rings. The maximum Gasteiger partial charge on any atom is 0.223 e. The van der Waals surface area contributed by atoms with Crippen LogP contribution in [0.15, 0.2) is 30.3 Å². The normalized spacial score (nSPS) is 22.2. The summed E-state index contributed by atoms with van der Waals surface area (Å²) < 4.78 is 0. The number of nitrogens with zero attached hydrogens (tertiary/aromatic N) is 1. The molecule has 1 saturated heterocycles. The molecule has 1 aliphatic carbocycles. The molecule has 1 amide bonds. The van der Waals surface area contributed by atoms with Crippen LogP contribution in [-0.2, 0) is 11.2 Å². The number of piperidine rings is 1. The van der Waals surface area contributed by atoms with E-state index in [1.165, 1.54) is 24.8 Å². The maximum absolute atomic E-state index is 12.4. The molecule has 1 aromatic rings. The van der Waals surface area contributed by atoms with Crippen LogP contribution in [-0.4, -0.2) is 36.0 Å². The van der Waals surface area contributed by atoms with Crippen molar-refractivity contribution in [2.45, 2.75) is 70.4 Å². The second-order valence-corrected chi connectivity index (χ2v) is 7.69. The summed E-state index contributed by atoms with van der Waals surface area (Å²) in [6.45, 7) is 4.53. The van der Waals surface area contributed by atoms with Crippen molar-refractivity contribution >= 4 is 5.91 Å². The summed E-state index contributed by atoms with van der Waals surface area (Å²) in [6.07, 6.45) is 9.26. The third-order valence-corrected chi connectivity index (χ3v) is 5.85. The topological polar surface area (TPSA) is 32.3 Å². The molecule has 1 unspecified atom stereocenters. The summed E-state index contributed by atoms with van der Waals surface area (Å²) in [7, 11) is 0. The van der Waals surface area contributed by atoms with E-state index >= 15 is 0 Å². The Morgan fingerprint density at radius 3 is 2.42 bits per heavy atom. The number of hydrogen-bond acceptors (Lipinski definition) is 2. The monoisotopic (exact) mass is 328 g/mol. The molecule has 1 aliphatic heterocycles.